The lowest BCUT2D eigenvalue weighted by Gasteiger charge is -2.14. The van der Waals surface area contributed by atoms with Crippen LogP contribution in [0.15, 0.2) is 36.4 Å². The van der Waals surface area contributed by atoms with Gasteiger partial charge in [0, 0.05) is 11.1 Å². The molecule has 0 saturated carbocycles. The van der Waals surface area contributed by atoms with E-state index in [-0.39, 0.29) is 0 Å². The van der Waals surface area contributed by atoms with E-state index in [4.69, 9.17) is 12.8 Å². The molecule has 0 aliphatic rings. The highest BCUT2D eigenvalue weighted by molar-refractivity contribution is 5.84. The van der Waals surface area contributed by atoms with Crippen LogP contribution < -0.4 is 0 Å². The topological polar surface area (TPSA) is 40.5 Å². The molecule has 0 aromatic heterocycles. The summed E-state index contributed by atoms with van der Waals surface area (Å²) in [5.74, 6) is 4.48. The fourth-order valence-electron chi connectivity index (χ4n) is 1.93. The van der Waals surface area contributed by atoms with Gasteiger partial charge in [0.1, 0.15) is 12.2 Å². The van der Waals surface area contributed by atoms with Gasteiger partial charge in [0.25, 0.3) is 0 Å². The van der Waals surface area contributed by atoms with Gasteiger partial charge in [-0.05, 0) is 22.9 Å². The molecule has 0 spiro atoms. The summed E-state index contributed by atoms with van der Waals surface area (Å²) in [7, 11) is 0. The van der Waals surface area contributed by atoms with Gasteiger partial charge in [0.2, 0.25) is 0 Å². The molecular formula is C16H12O2. The predicted octanol–water partition coefficient (Wildman–Crippen LogP) is 2.17. The minimum Gasteiger partial charge on any atom is -0.376 e. The fraction of sp³-hybridized carbons (Fsp3) is 0.125. The van der Waals surface area contributed by atoms with Gasteiger partial charge in [0.15, 0.2) is 0 Å². The lowest BCUT2D eigenvalue weighted by Crippen LogP contribution is -2.04. The van der Waals surface area contributed by atoms with Crippen LogP contribution in [0.25, 0.3) is 10.8 Å². The third-order valence-corrected chi connectivity index (χ3v) is 2.86. The Morgan fingerprint density at radius 1 is 0.833 bits per heavy atom. The van der Waals surface area contributed by atoms with E-state index in [1.165, 1.54) is 0 Å². The first-order chi connectivity index (χ1) is 8.67. The van der Waals surface area contributed by atoms with Crippen LogP contribution >= 0.6 is 0 Å². The molecule has 0 saturated heterocycles. The first-order valence-electron chi connectivity index (χ1n) is 5.48. The summed E-state index contributed by atoms with van der Waals surface area (Å²) in [6, 6.07) is 11.1. The third kappa shape index (κ3) is 2.08. The zero-order valence-electron chi connectivity index (χ0n) is 9.67. The lowest BCUT2D eigenvalue weighted by atomic mass is 9.94. The van der Waals surface area contributed by atoms with Crippen LogP contribution in [0.5, 0.6) is 0 Å². The van der Waals surface area contributed by atoms with Gasteiger partial charge in [-0.3, -0.25) is 0 Å². The van der Waals surface area contributed by atoms with E-state index in [1.54, 1.807) is 12.1 Å². The summed E-state index contributed by atoms with van der Waals surface area (Å²) in [6.07, 6.45) is 8.30. The molecule has 2 unspecified atom stereocenters. The van der Waals surface area contributed by atoms with Crippen molar-refractivity contribution in [1.82, 2.24) is 0 Å². The molecule has 0 aliphatic carbocycles. The van der Waals surface area contributed by atoms with Gasteiger partial charge in [-0.1, -0.05) is 36.1 Å². The molecular weight excluding hydrogens is 224 g/mol. The van der Waals surface area contributed by atoms with Gasteiger partial charge >= 0.3 is 0 Å². The van der Waals surface area contributed by atoms with Crippen molar-refractivity contribution in [1.29, 1.82) is 0 Å². The molecule has 0 aliphatic heterocycles. The number of rotatable bonds is 2. The maximum absolute atomic E-state index is 9.80. The second kappa shape index (κ2) is 4.94. The Hall–Kier alpha value is -2.26. The molecule has 0 fully saturated rings. The molecule has 2 rings (SSSR count). The first kappa shape index (κ1) is 12.2. The van der Waals surface area contributed by atoms with Crippen molar-refractivity contribution in [2.45, 2.75) is 12.2 Å². The van der Waals surface area contributed by atoms with Crippen LogP contribution in [0.4, 0.5) is 0 Å². The first-order valence-corrected chi connectivity index (χ1v) is 5.48. The van der Waals surface area contributed by atoms with Crippen molar-refractivity contribution in [3.05, 3.63) is 47.5 Å². The third-order valence-electron chi connectivity index (χ3n) is 2.86. The minimum atomic E-state index is -1.08. The Morgan fingerprint density at radius 3 is 1.56 bits per heavy atom. The van der Waals surface area contributed by atoms with Crippen molar-refractivity contribution in [3.63, 3.8) is 0 Å². The monoisotopic (exact) mass is 236 g/mol. The summed E-state index contributed by atoms with van der Waals surface area (Å²) in [4.78, 5) is 0. The van der Waals surface area contributed by atoms with Crippen molar-refractivity contribution in [2.24, 2.45) is 0 Å². The SMILES string of the molecule is C#CC(O)c1cc2ccccc2cc1C(O)C#C. The van der Waals surface area contributed by atoms with Crippen LogP contribution in [0.3, 0.4) is 0 Å². The van der Waals surface area contributed by atoms with Crippen LogP contribution in [0.2, 0.25) is 0 Å². The molecule has 2 heteroatoms. The Labute approximate surface area is 106 Å². The largest absolute Gasteiger partial charge is 0.376 e. The molecule has 0 heterocycles. The number of hydrogen-bond acceptors (Lipinski definition) is 2. The number of aliphatic hydroxyl groups is 2. The van der Waals surface area contributed by atoms with Gasteiger partial charge in [0.05, 0.1) is 0 Å². The highest BCUT2D eigenvalue weighted by Crippen LogP contribution is 2.28. The van der Waals surface area contributed by atoms with Crippen molar-refractivity contribution in [3.8, 4) is 24.7 Å². The number of fused-ring (bicyclic) bond motifs is 1. The molecule has 2 atom stereocenters. The molecule has 18 heavy (non-hydrogen) atoms. The summed E-state index contributed by atoms with van der Waals surface area (Å²) in [5, 5.41) is 21.5. The number of aliphatic hydroxyl groups excluding tert-OH is 2. The summed E-state index contributed by atoms with van der Waals surface area (Å²) >= 11 is 0. The van der Waals surface area contributed by atoms with Crippen molar-refractivity contribution < 1.29 is 10.2 Å². The number of benzene rings is 2. The highest BCUT2D eigenvalue weighted by Gasteiger charge is 2.16. The number of terminal acetylenes is 2. The van der Waals surface area contributed by atoms with E-state index >= 15 is 0 Å². The average molecular weight is 236 g/mol. The van der Waals surface area contributed by atoms with E-state index in [2.05, 4.69) is 11.8 Å². The Bertz CT molecular complexity index is 600. The molecule has 0 bridgehead atoms. The van der Waals surface area contributed by atoms with E-state index in [9.17, 15) is 10.2 Å². The van der Waals surface area contributed by atoms with E-state index in [0.717, 1.165) is 10.8 Å². The second-order valence-corrected chi connectivity index (χ2v) is 3.97. The van der Waals surface area contributed by atoms with Gasteiger partial charge in [-0.25, -0.2) is 0 Å². The minimum absolute atomic E-state index is 0.474. The zero-order valence-corrected chi connectivity index (χ0v) is 9.67. The average Bonchev–Trinajstić information content (AvgIpc) is 2.44. The maximum atomic E-state index is 9.80. The summed E-state index contributed by atoms with van der Waals surface area (Å²) in [5.41, 5.74) is 0.948. The molecule has 2 aromatic carbocycles. The predicted molar refractivity (Wildman–Crippen MR) is 71.5 cm³/mol. The van der Waals surface area contributed by atoms with Crippen LogP contribution in [-0.4, -0.2) is 10.2 Å². The zero-order chi connectivity index (χ0) is 13.1. The van der Waals surface area contributed by atoms with Crippen LogP contribution in [0, 0.1) is 24.7 Å². The highest BCUT2D eigenvalue weighted by atomic mass is 16.3. The number of hydrogen-bond donors (Lipinski definition) is 2. The Morgan fingerprint density at radius 2 is 1.22 bits per heavy atom. The molecule has 2 N–H and O–H groups in total. The Kier molecular flexibility index (Phi) is 3.35. The maximum Gasteiger partial charge on any atom is 0.140 e. The van der Waals surface area contributed by atoms with Gasteiger partial charge in [-0.2, -0.15) is 0 Å². The normalized spacial score (nSPS) is 13.6. The van der Waals surface area contributed by atoms with E-state index < -0.39 is 12.2 Å². The summed E-state index contributed by atoms with van der Waals surface area (Å²) in [6.45, 7) is 0. The molecule has 0 radical (unpaired) electrons. The molecule has 2 nitrogen and oxygen atoms in total. The standard InChI is InChI=1S/C16H12O2/c1-3-15(17)13-9-11-7-5-6-8-12(11)10-14(13)16(18)4-2/h1-2,5-10,15-18H. The van der Waals surface area contributed by atoms with E-state index in [1.807, 2.05) is 24.3 Å². The fourth-order valence-corrected chi connectivity index (χ4v) is 1.93. The molecule has 0 amide bonds. The van der Waals surface area contributed by atoms with E-state index in [0.29, 0.717) is 11.1 Å². The molecule has 88 valence electrons. The Balaban J connectivity index is 2.73. The van der Waals surface area contributed by atoms with Crippen molar-refractivity contribution in [2.75, 3.05) is 0 Å². The summed E-state index contributed by atoms with van der Waals surface area (Å²) < 4.78 is 0. The van der Waals surface area contributed by atoms with Gasteiger partial charge in [-0.15, -0.1) is 12.8 Å². The van der Waals surface area contributed by atoms with Crippen LogP contribution in [0.1, 0.15) is 23.3 Å². The van der Waals surface area contributed by atoms with Crippen molar-refractivity contribution >= 4 is 10.8 Å². The second-order valence-electron chi connectivity index (χ2n) is 3.97. The smallest absolute Gasteiger partial charge is 0.140 e. The van der Waals surface area contributed by atoms with Gasteiger partial charge < -0.3 is 10.2 Å². The van der Waals surface area contributed by atoms with Crippen LogP contribution in [-0.2, 0) is 0 Å². The molecule has 2 aromatic rings. The quantitative estimate of drug-likeness (QED) is 0.784. The lowest BCUT2D eigenvalue weighted by molar-refractivity contribution is 0.215.